The van der Waals surface area contributed by atoms with Gasteiger partial charge in [0, 0.05) is 24.7 Å². The van der Waals surface area contributed by atoms with Crippen LogP contribution in [0.1, 0.15) is 36.1 Å². The minimum Gasteiger partial charge on any atom is -0.480 e. The summed E-state index contributed by atoms with van der Waals surface area (Å²) in [7, 11) is 1.62. The molecule has 3 aromatic heterocycles. The Morgan fingerprint density at radius 3 is 2.76 bits per heavy atom. The number of hydrogen-bond acceptors (Lipinski definition) is 7. The molecule has 0 N–H and O–H groups in total. The van der Waals surface area contributed by atoms with Crippen LogP contribution in [0.25, 0.3) is 5.65 Å². The lowest BCUT2D eigenvalue weighted by Gasteiger charge is -2.30. The second-order valence-corrected chi connectivity index (χ2v) is 6.35. The van der Waals surface area contributed by atoms with E-state index in [1.54, 1.807) is 13.2 Å². The van der Waals surface area contributed by atoms with Gasteiger partial charge in [-0.15, -0.1) is 15.3 Å². The van der Waals surface area contributed by atoms with E-state index in [1.165, 1.54) is 0 Å². The molecule has 4 rings (SSSR count). The molecule has 1 aliphatic heterocycles. The van der Waals surface area contributed by atoms with E-state index in [9.17, 15) is 0 Å². The number of ether oxygens (including phenoxy) is 1. The first-order chi connectivity index (χ1) is 12.2. The lowest BCUT2D eigenvalue weighted by molar-refractivity contribution is 0.198. The molecule has 0 radical (unpaired) electrons. The summed E-state index contributed by atoms with van der Waals surface area (Å²) in [5.74, 6) is 2.68. The lowest BCUT2D eigenvalue weighted by Crippen LogP contribution is -2.33. The van der Waals surface area contributed by atoms with E-state index in [1.807, 2.05) is 29.8 Å². The summed E-state index contributed by atoms with van der Waals surface area (Å²) in [6.07, 6.45) is 3.89. The van der Waals surface area contributed by atoms with E-state index in [0.29, 0.717) is 11.8 Å². The third-order valence-corrected chi connectivity index (χ3v) is 4.64. The number of likely N-dealkylation sites (tertiary alicyclic amines) is 1. The molecule has 1 fully saturated rings. The average Bonchev–Trinajstić information content (AvgIpc) is 3.05. The third kappa shape index (κ3) is 3.30. The van der Waals surface area contributed by atoms with Crippen LogP contribution in [0.15, 0.2) is 24.4 Å². The Bertz CT molecular complexity index is 870. The van der Waals surface area contributed by atoms with Gasteiger partial charge in [-0.3, -0.25) is 4.90 Å². The van der Waals surface area contributed by atoms with Crippen LogP contribution in [0.3, 0.4) is 0 Å². The smallest absolute Gasteiger partial charge is 0.231 e. The minimum atomic E-state index is 0.359. The third-order valence-electron chi connectivity index (χ3n) is 4.64. The van der Waals surface area contributed by atoms with Crippen molar-refractivity contribution < 1.29 is 4.74 Å². The van der Waals surface area contributed by atoms with Crippen LogP contribution in [0.2, 0.25) is 0 Å². The molecule has 1 saturated heterocycles. The molecule has 3 aromatic rings. The number of aryl methyl sites for hydroxylation is 1. The second-order valence-electron chi connectivity index (χ2n) is 6.35. The summed E-state index contributed by atoms with van der Waals surface area (Å²) in [6, 6.07) is 5.68. The first kappa shape index (κ1) is 15.9. The summed E-state index contributed by atoms with van der Waals surface area (Å²) in [4.78, 5) is 11.1. The highest BCUT2D eigenvalue weighted by Crippen LogP contribution is 2.27. The fourth-order valence-corrected chi connectivity index (χ4v) is 3.32. The quantitative estimate of drug-likeness (QED) is 0.714. The highest BCUT2D eigenvalue weighted by Gasteiger charge is 2.25. The zero-order valence-electron chi connectivity index (χ0n) is 14.5. The summed E-state index contributed by atoms with van der Waals surface area (Å²) < 4.78 is 7.03. The Labute approximate surface area is 145 Å². The highest BCUT2D eigenvalue weighted by molar-refractivity contribution is 5.38. The van der Waals surface area contributed by atoms with Crippen molar-refractivity contribution in [3.8, 4) is 5.88 Å². The maximum atomic E-state index is 5.22. The minimum absolute atomic E-state index is 0.359. The average molecular weight is 339 g/mol. The van der Waals surface area contributed by atoms with Gasteiger partial charge in [-0.05, 0) is 45.0 Å². The lowest BCUT2D eigenvalue weighted by atomic mass is 9.96. The normalized spacial score (nSPS) is 16.4. The Kier molecular flexibility index (Phi) is 4.27. The number of fused-ring (bicyclic) bond motifs is 1. The first-order valence-electron chi connectivity index (χ1n) is 8.50. The van der Waals surface area contributed by atoms with Gasteiger partial charge in [0.1, 0.15) is 5.82 Å². The van der Waals surface area contributed by atoms with Crippen LogP contribution in [0.4, 0.5) is 0 Å². The fraction of sp³-hybridized carbons (Fsp3) is 0.471. The number of hydrogen-bond donors (Lipinski definition) is 0. The summed E-state index contributed by atoms with van der Waals surface area (Å²) in [5, 5.41) is 13.1. The van der Waals surface area contributed by atoms with Crippen LogP contribution in [-0.2, 0) is 6.54 Å². The Hall–Kier alpha value is -2.61. The molecule has 0 amide bonds. The van der Waals surface area contributed by atoms with Crippen LogP contribution in [0.5, 0.6) is 5.88 Å². The Morgan fingerprint density at radius 1 is 1.16 bits per heavy atom. The number of methoxy groups -OCH3 is 1. The highest BCUT2D eigenvalue weighted by atomic mass is 16.5. The molecule has 0 spiro atoms. The molecular formula is C17H21N7O. The molecule has 0 aliphatic carbocycles. The van der Waals surface area contributed by atoms with E-state index in [0.717, 1.165) is 55.5 Å². The van der Waals surface area contributed by atoms with Crippen LogP contribution in [0, 0.1) is 6.92 Å². The van der Waals surface area contributed by atoms with Gasteiger partial charge in [0.05, 0.1) is 12.8 Å². The number of piperidine rings is 1. The van der Waals surface area contributed by atoms with Gasteiger partial charge in [0.25, 0.3) is 0 Å². The zero-order chi connectivity index (χ0) is 17.2. The molecule has 1 aliphatic rings. The molecule has 0 aromatic carbocycles. The molecule has 8 nitrogen and oxygen atoms in total. The maximum absolute atomic E-state index is 5.22. The molecular weight excluding hydrogens is 318 g/mol. The van der Waals surface area contributed by atoms with Crippen molar-refractivity contribution in [3.63, 3.8) is 0 Å². The second kappa shape index (κ2) is 6.72. The summed E-state index contributed by atoms with van der Waals surface area (Å²) >= 11 is 0. The molecule has 8 heteroatoms. The Morgan fingerprint density at radius 2 is 2.00 bits per heavy atom. The van der Waals surface area contributed by atoms with Crippen LogP contribution < -0.4 is 4.74 Å². The number of rotatable bonds is 4. The van der Waals surface area contributed by atoms with E-state index in [-0.39, 0.29) is 0 Å². The van der Waals surface area contributed by atoms with E-state index < -0.39 is 0 Å². The number of nitrogens with zero attached hydrogens (tertiary/aromatic N) is 7. The van der Waals surface area contributed by atoms with Gasteiger partial charge in [0.2, 0.25) is 5.88 Å². The maximum Gasteiger partial charge on any atom is 0.231 e. The van der Waals surface area contributed by atoms with Crippen molar-refractivity contribution in [2.24, 2.45) is 0 Å². The van der Waals surface area contributed by atoms with Crippen molar-refractivity contribution in [2.75, 3.05) is 20.2 Å². The van der Waals surface area contributed by atoms with Gasteiger partial charge in [0.15, 0.2) is 11.5 Å². The first-order valence-corrected chi connectivity index (χ1v) is 8.50. The van der Waals surface area contributed by atoms with Gasteiger partial charge in [-0.1, -0.05) is 0 Å². The summed E-state index contributed by atoms with van der Waals surface area (Å²) in [5.41, 5.74) is 1.83. The van der Waals surface area contributed by atoms with Gasteiger partial charge < -0.3 is 4.74 Å². The standard InChI is InChI=1S/C17H21N7O/c1-12-18-8-5-14(19-12)11-23-9-6-13(7-10-23)17-21-20-15-3-4-16(25-2)22-24(15)17/h3-5,8,13H,6-7,9-11H2,1-2H3. The molecule has 25 heavy (non-hydrogen) atoms. The van der Waals surface area contributed by atoms with Crippen LogP contribution in [-0.4, -0.2) is 54.9 Å². The fourth-order valence-electron chi connectivity index (χ4n) is 3.32. The molecule has 0 saturated carbocycles. The molecule has 4 heterocycles. The number of aromatic nitrogens is 6. The predicted octanol–water partition coefficient (Wildman–Crippen LogP) is 1.61. The summed E-state index contributed by atoms with van der Waals surface area (Å²) in [6.45, 7) is 4.80. The topological polar surface area (TPSA) is 81.3 Å². The van der Waals surface area contributed by atoms with Crippen molar-refractivity contribution in [3.05, 3.63) is 41.7 Å². The van der Waals surface area contributed by atoms with Gasteiger partial charge >= 0.3 is 0 Å². The van der Waals surface area contributed by atoms with E-state index in [4.69, 9.17) is 4.74 Å². The van der Waals surface area contributed by atoms with Crippen molar-refractivity contribution in [1.82, 2.24) is 34.7 Å². The van der Waals surface area contributed by atoms with E-state index in [2.05, 4.69) is 30.2 Å². The predicted molar refractivity (Wildman–Crippen MR) is 91.4 cm³/mol. The van der Waals surface area contributed by atoms with Crippen molar-refractivity contribution >= 4 is 5.65 Å². The largest absolute Gasteiger partial charge is 0.480 e. The molecule has 0 bridgehead atoms. The van der Waals surface area contributed by atoms with Gasteiger partial charge in [-0.2, -0.15) is 4.52 Å². The molecule has 130 valence electrons. The zero-order valence-corrected chi connectivity index (χ0v) is 14.5. The SMILES string of the molecule is COc1ccc2nnc(C3CCN(Cc4ccnc(C)n4)CC3)n2n1. The molecule has 0 atom stereocenters. The van der Waals surface area contributed by atoms with Crippen molar-refractivity contribution in [2.45, 2.75) is 32.2 Å². The van der Waals surface area contributed by atoms with E-state index >= 15 is 0 Å². The van der Waals surface area contributed by atoms with Crippen molar-refractivity contribution in [1.29, 1.82) is 0 Å². The van der Waals surface area contributed by atoms with Gasteiger partial charge in [-0.25, -0.2) is 9.97 Å². The monoisotopic (exact) mass is 339 g/mol. The molecule has 0 unspecified atom stereocenters. The Balaban J connectivity index is 1.45. The van der Waals surface area contributed by atoms with Crippen LogP contribution >= 0.6 is 0 Å².